The SMILES string of the molecule is CC(Cc1cnc[nH]1)NC(=O)CC/C(N)=C/N(N)CC(C)(C)OCC(C)(C)OCCN. The van der Waals surface area contributed by atoms with Gasteiger partial charge in [-0.25, -0.2) is 10.8 Å². The highest BCUT2D eigenvalue weighted by Crippen LogP contribution is 2.17. The molecule has 10 nitrogen and oxygen atoms in total. The van der Waals surface area contributed by atoms with Crippen LogP contribution in [0.2, 0.25) is 0 Å². The first-order chi connectivity index (χ1) is 14.4. The van der Waals surface area contributed by atoms with Gasteiger partial charge in [0.1, 0.15) is 0 Å². The van der Waals surface area contributed by atoms with Crippen molar-refractivity contribution in [3.8, 4) is 0 Å². The number of rotatable bonds is 15. The van der Waals surface area contributed by atoms with Crippen LogP contribution in [0.5, 0.6) is 0 Å². The number of ether oxygens (including phenoxy) is 2. The van der Waals surface area contributed by atoms with Crippen molar-refractivity contribution < 1.29 is 14.3 Å². The Kier molecular flexibility index (Phi) is 11.0. The topological polar surface area (TPSA) is 158 Å². The number of nitrogens with one attached hydrogen (secondary N) is 2. The number of allylic oxidation sites excluding steroid dienone is 1. The first-order valence-corrected chi connectivity index (χ1v) is 10.6. The Morgan fingerprint density at radius 1 is 1.29 bits per heavy atom. The van der Waals surface area contributed by atoms with Crippen LogP contribution in [-0.2, 0) is 20.7 Å². The van der Waals surface area contributed by atoms with Gasteiger partial charge in [0.25, 0.3) is 0 Å². The molecule has 1 amide bonds. The van der Waals surface area contributed by atoms with Crippen molar-refractivity contribution in [1.82, 2.24) is 20.3 Å². The van der Waals surface area contributed by atoms with Crippen LogP contribution >= 0.6 is 0 Å². The third-order valence-corrected chi connectivity index (χ3v) is 4.45. The number of amides is 1. The largest absolute Gasteiger partial charge is 0.401 e. The van der Waals surface area contributed by atoms with Gasteiger partial charge in [-0.05, 0) is 41.0 Å². The molecule has 1 unspecified atom stereocenters. The summed E-state index contributed by atoms with van der Waals surface area (Å²) in [6, 6.07) is 0.000177. The summed E-state index contributed by atoms with van der Waals surface area (Å²) < 4.78 is 11.7. The molecule has 0 aliphatic heterocycles. The van der Waals surface area contributed by atoms with Crippen LogP contribution in [-0.4, -0.2) is 64.4 Å². The zero-order valence-electron chi connectivity index (χ0n) is 19.6. The molecule has 1 aromatic heterocycles. The maximum absolute atomic E-state index is 12.2. The highest BCUT2D eigenvalue weighted by atomic mass is 16.6. The second-order valence-corrected chi connectivity index (χ2v) is 9.07. The van der Waals surface area contributed by atoms with E-state index in [9.17, 15) is 4.79 Å². The van der Waals surface area contributed by atoms with E-state index >= 15 is 0 Å². The van der Waals surface area contributed by atoms with Gasteiger partial charge >= 0.3 is 0 Å². The van der Waals surface area contributed by atoms with Crippen molar-refractivity contribution >= 4 is 5.91 Å². The van der Waals surface area contributed by atoms with Gasteiger partial charge in [0.2, 0.25) is 5.91 Å². The lowest BCUT2D eigenvalue weighted by molar-refractivity contribution is -0.123. The van der Waals surface area contributed by atoms with Crippen molar-refractivity contribution in [2.45, 2.75) is 71.1 Å². The number of imidazole rings is 1. The van der Waals surface area contributed by atoms with Crippen LogP contribution in [0.15, 0.2) is 24.4 Å². The molecular formula is C21H41N7O3. The molecule has 0 aliphatic carbocycles. The predicted molar refractivity (Wildman–Crippen MR) is 121 cm³/mol. The Labute approximate surface area is 185 Å². The summed E-state index contributed by atoms with van der Waals surface area (Å²) in [5.74, 6) is 6.02. The number of H-pyrrole nitrogens is 1. The normalized spacial score (nSPS) is 13.8. The fraction of sp³-hybridized carbons (Fsp3) is 0.714. The highest BCUT2D eigenvalue weighted by molar-refractivity contribution is 5.76. The number of hydrogen-bond donors (Lipinski definition) is 5. The molecule has 1 aromatic rings. The van der Waals surface area contributed by atoms with Gasteiger partial charge in [0.15, 0.2) is 0 Å². The van der Waals surface area contributed by atoms with E-state index in [2.05, 4.69) is 15.3 Å². The minimum absolute atomic E-state index is 0.000177. The van der Waals surface area contributed by atoms with Crippen molar-refractivity contribution in [3.05, 3.63) is 30.1 Å². The van der Waals surface area contributed by atoms with Crippen molar-refractivity contribution in [1.29, 1.82) is 0 Å². The Hall–Kier alpha value is -2.14. The van der Waals surface area contributed by atoms with Crippen LogP contribution in [0.25, 0.3) is 0 Å². The third kappa shape index (κ3) is 12.3. The first-order valence-electron chi connectivity index (χ1n) is 10.6. The van der Waals surface area contributed by atoms with E-state index in [1.807, 2.05) is 34.6 Å². The molecule has 0 saturated carbocycles. The maximum Gasteiger partial charge on any atom is 0.220 e. The highest BCUT2D eigenvalue weighted by Gasteiger charge is 2.26. The molecule has 0 fully saturated rings. The molecule has 0 radical (unpaired) electrons. The van der Waals surface area contributed by atoms with E-state index < -0.39 is 11.2 Å². The summed E-state index contributed by atoms with van der Waals surface area (Å²) in [6.45, 7) is 11.5. The van der Waals surface area contributed by atoms with Crippen molar-refractivity contribution in [3.63, 3.8) is 0 Å². The number of carbonyl (C=O) groups excluding carboxylic acids is 1. The van der Waals surface area contributed by atoms with Crippen LogP contribution in [0, 0.1) is 0 Å². The Balaban J connectivity index is 2.38. The summed E-state index contributed by atoms with van der Waals surface area (Å²) in [4.78, 5) is 19.1. The molecule has 1 heterocycles. The van der Waals surface area contributed by atoms with E-state index in [1.54, 1.807) is 18.7 Å². The van der Waals surface area contributed by atoms with E-state index in [1.165, 1.54) is 5.01 Å². The zero-order chi connectivity index (χ0) is 23.5. The molecule has 178 valence electrons. The number of hydrogen-bond acceptors (Lipinski definition) is 8. The van der Waals surface area contributed by atoms with Crippen LogP contribution in [0.4, 0.5) is 0 Å². The molecule has 0 aliphatic rings. The van der Waals surface area contributed by atoms with Gasteiger partial charge < -0.3 is 36.3 Å². The summed E-state index contributed by atoms with van der Waals surface area (Å²) >= 11 is 0. The molecule has 0 aromatic carbocycles. The Morgan fingerprint density at radius 3 is 2.61 bits per heavy atom. The van der Waals surface area contributed by atoms with Gasteiger partial charge in [-0.2, -0.15) is 0 Å². The van der Waals surface area contributed by atoms with Crippen molar-refractivity contribution in [2.75, 3.05) is 26.3 Å². The van der Waals surface area contributed by atoms with E-state index in [4.69, 9.17) is 26.8 Å². The number of aromatic amines is 1. The smallest absolute Gasteiger partial charge is 0.220 e. The molecular weight excluding hydrogens is 398 g/mol. The Morgan fingerprint density at radius 2 is 2.00 bits per heavy atom. The molecule has 0 spiro atoms. The van der Waals surface area contributed by atoms with Gasteiger partial charge in [0.05, 0.1) is 37.3 Å². The standard InChI is InChI=1S/C21H41N7O3/c1-16(10-18-11-25-15-26-18)27-19(29)7-6-17(23)12-28(24)13-20(2,3)31-14-21(4,5)30-9-8-22/h11-12,15-16H,6-10,13-14,22-24H2,1-5H3,(H,25,26)(H,27,29)/b17-12-. The number of nitrogens with two attached hydrogens (primary N) is 3. The summed E-state index contributed by atoms with van der Waals surface area (Å²) in [6.07, 6.45) is 6.41. The molecule has 0 bridgehead atoms. The fourth-order valence-corrected chi connectivity index (χ4v) is 2.94. The number of aromatic nitrogens is 2. The second kappa shape index (κ2) is 12.7. The van der Waals surface area contributed by atoms with Gasteiger partial charge in [-0.1, -0.05) is 0 Å². The summed E-state index contributed by atoms with van der Waals surface area (Å²) in [5, 5.41) is 4.44. The van der Waals surface area contributed by atoms with Crippen molar-refractivity contribution in [2.24, 2.45) is 17.3 Å². The van der Waals surface area contributed by atoms with Crippen LogP contribution < -0.4 is 22.6 Å². The van der Waals surface area contributed by atoms with Gasteiger partial charge in [-0.15, -0.1) is 0 Å². The number of hydrazine groups is 1. The minimum atomic E-state index is -0.519. The van der Waals surface area contributed by atoms with E-state index in [0.717, 1.165) is 5.69 Å². The van der Waals surface area contributed by atoms with Crippen LogP contribution in [0.3, 0.4) is 0 Å². The van der Waals surface area contributed by atoms with E-state index in [0.29, 0.717) is 44.8 Å². The third-order valence-electron chi connectivity index (χ3n) is 4.45. The average Bonchev–Trinajstić information content (AvgIpc) is 3.15. The lowest BCUT2D eigenvalue weighted by atomic mass is 10.1. The first kappa shape index (κ1) is 26.9. The molecule has 1 rings (SSSR count). The maximum atomic E-state index is 12.2. The predicted octanol–water partition coefficient (Wildman–Crippen LogP) is 0.762. The summed E-state index contributed by atoms with van der Waals surface area (Å²) in [7, 11) is 0. The minimum Gasteiger partial charge on any atom is -0.401 e. The lowest BCUT2D eigenvalue weighted by Gasteiger charge is -2.34. The van der Waals surface area contributed by atoms with E-state index in [-0.39, 0.29) is 18.4 Å². The fourth-order valence-electron chi connectivity index (χ4n) is 2.94. The van der Waals surface area contributed by atoms with Crippen LogP contribution in [0.1, 0.15) is 53.2 Å². The zero-order valence-corrected chi connectivity index (χ0v) is 19.6. The molecule has 0 saturated heterocycles. The number of nitrogens with zero attached hydrogens (tertiary/aromatic N) is 2. The second-order valence-electron chi connectivity index (χ2n) is 9.07. The molecule has 1 atom stereocenters. The monoisotopic (exact) mass is 439 g/mol. The molecule has 8 N–H and O–H groups in total. The molecule has 10 heteroatoms. The van der Waals surface area contributed by atoms with Gasteiger partial charge in [0, 0.05) is 49.2 Å². The number of carbonyl (C=O) groups is 1. The van der Waals surface area contributed by atoms with Gasteiger partial charge in [-0.3, -0.25) is 4.79 Å². The summed E-state index contributed by atoms with van der Waals surface area (Å²) in [5.41, 5.74) is 12.1. The lowest BCUT2D eigenvalue weighted by Crippen LogP contribution is -2.45. The molecule has 31 heavy (non-hydrogen) atoms. The quantitative estimate of drug-likeness (QED) is 0.198. The Bertz CT molecular complexity index is 675. The average molecular weight is 440 g/mol.